The number of ether oxygens (including phenoxy) is 1. The molecule has 3 rings (SSSR count). The lowest BCUT2D eigenvalue weighted by Crippen LogP contribution is -2.48. The van der Waals surface area contributed by atoms with E-state index in [9.17, 15) is 19.2 Å². The highest BCUT2D eigenvalue weighted by Gasteiger charge is 2.25. The number of carbonyl (C=O) groups is 4. The number of carbonyl (C=O) groups excluding carboxylic acids is 4. The second-order valence-corrected chi connectivity index (χ2v) is 6.77. The van der Waals surface area contributed by atoms with Gasteiger partial charge in [0.25, 0.3) is 11.8 Å². The van der Waals surface area contributed by atoms with Gasteiger partial charge >= 0.3 is 0 Å². The molecule has 9 nitrogen and oxygen atoms in total. The topological polar surface area (TPSA) is 108 Å². The molecule has 0 aromatic heterocycles. The van der Waals surface area contributed by atoms with Gasteiger partial charge in [0, 0.05) is 25.9 Å². The molecule has 9 heteroatoms. The zero-order valence-electron chi connectivity index (χ0n) is 15.6. The van der Waals surface area contributed by atoms with Gasteiger partial charge in [-0.2, -0.15) is 0 Å². The highest BCUT2D eigenvalue weighted by Crippen LogP contribution is 2.31. The van der Waals surface area contributed by atoms with Crippen molar-refractivity contribution in [1.29, 1.82) is 0 Å². The summed E-state index contributed by atoms with van der Waals surface area (Å²) in [7, 11) is 0. The van der Waals surface area contributed by atoms with Crippen LogP contribution in [0, 0.1) is 0 Å². The molecule has 0 saturated carbocycles. The Morgan fingerprint density at radius 2 is 1.79 bits per heavy atom. The lowest BCUT2D eigenvalue weighted by Gasteiger charge is -2.29. The molecule has 0 spiro atoms. The molecule has 28 heavy (non-hydrogen) atoms. The Kier molecular flexibility index (Phi) is 6.46. The van der Waals surface area contributed by atoms with Crippen LogP contribution in [0.15, 0.2) is 24.3 Å². The summed E-state index contributed by atoms with van der Waals surface area (Å²) in [5.74, 6) is -0.541. The average Bonchev–Trinajstić information content (AvgIpc) is 2.90. The van der Waals surface area contributed by atoms with Gasteiger partial charge in [-0.3, -0.25) is 30.0 Å². The highest BCUT2D eigenvalue weighted by molar-refractivity contribution is 5.98. The molecule has 0 aliphatic carbocycles. The van der Waals surface area contributed by atoms with Crippen molar-refractivity contribution in [1.82, 2.24) is 15.8 Å². The van der Waals surface area contributed by atoms with Crippen molar-refractivity contribution in [2.24, 2.45) is 0 Å². The number of fused-ring (bicyclic) bond motifs is 1. The fourth-order valence-corrected chi connectivity index (χ4v) is 3.23. The smallest absolute Gasteiger partial charge is 0.265 e. The monoisotopic (exact) mass is 388 g/mol. The largest absolute Gasteiger partial charge is 0.482 e. The predicted molar refractivity (Wildman–Crippen MR) is 100 cm³/mol. The summed E-state index contributed by atoms with van der Waals surface area (Å²) in [6.07, 6.45) is 3.17. The number of hydrogen-bond acceptors (Lipinski definition) is 5. The third-order valence-electron chi connectivity index (χ3n) is 4.72. The second-order valence-electron chi connectivity index (χ2n) is 6.77. The lowest BCUT2D eigenvalue weighted by atomic mass is 10.2. The predicted octanol–water partition coefficient (Wildman–Crippen LogP) is 0.352. The lowest BCUT2D eigenvalue weighted by molar-refractivity contribution is -0.136. The Balaban J connectivity index is 1.44. The Morgan fingerprint density at radius 1 is 1.00 bits per heavy atom. The van der Waals surface area contributed by atoms with Gasteiger partial charge < -0.3 is 14.5 Å². The fourth-order valence-electron chi connectivity index (χ4n) is 3.23. The van der Waals surface area contributed by atoms with E-state index in [0.29, 0.717) is 24.4 Å². The van der Waals surface area contributed by atoms with E-state index in [1.54, 1.807) is 18.2 Å². The third kappa shape index (κ3) is 4.99. The third-order valence-corrected chi connectivity index (χ3v) is 4.72. The number of nitrogens with one attached hydrogen (secondary N) is 2. The van der Waals surface area contributed by atoms with Crippen molar-refractivity contribution in [2.75, 3.05) is 31.1 Å². The quantitative estimate of drug-likeness (QED) is 0.708. The molecule has 4 amide bonds. The summed E-state index contributed by atoms with van der Waals surface area (Å²) in [6.45, 7) is 0.581. The highest BCUT2D eigenvalue weighted by atomic mass is 16.5. The molecule has 0 unspecified atom stereocenters. The van der Waals surface area contributed by atoms with Crippen LogP contribution in [0.5, 0.6) is 5.75 Å². The van der Waals surface area contributed by atoms with E-state index in [4.69, 9.17) is 4.74 Å². The van der Waals surface area contributed by atoms with Gasteiger partial charge in [-0.15, -0.1) is 0 Å². The van der Waals surface area contributed by atoms with E-state index in [1.807, 2.05) is 6.07 Å². The van der Waals surface area contributed by atoms with Crippen LogP contribution in [-0.4, -0.2) is 54.8 Å². The van der Waals surface area contributed by atoms with Crippen LogP contribution in [-0.2, 0) is 19.2 Å². The summed E-state index contributed by atoms with van der Waals surface area (Å²) in [6, 6.07) is 7.12. The van der Waals surface area contributed by atoms with Gasteiger partial charge in [0.1, 0.15) is 12.3 Å². The van der Waals surface area contributed by atoms with Crippen molar-refractivity contribution in [3.8, 4) is 5.75 Å². The van der Waals surface area contributed by atoms with Crippen molar-refractivity contribution >= 4 is 29.3 Å². The maximum absolute atomic E-state index is 12.1. The number of para-hydroxylation sites is 2. The molecular weight excluding hydrogens is 364 g/mol. The molecule has 2 aliphatic rings. The second kappa shape index (κ2) is 9.20. The number of rotatable bonds is 5. The SMILES string of the molecule is O=C(CCN1C(=O)COc2ccccc21)NNC(=O)CN1CCCCCC1=O. The van der Waals surface area contributed by atoms with E-state index in [2.05, 4.69) is 10.9 Å². The van der Waals surface area contributed by atoms with Crippen molar-refractivity contribution in [2.45, 2.75) is 32.1 Å². The fraction of sp³-hybridized carbons (Fsp3) is 0.474. The maximum atomic E-state index is 12.1. The summed E-state index contributed by atoms with van der Waals surface area (Å²) >= 11 is 0. The molecule has 1 fully saturated rings. The minimum absolute atomic E-state index is 0.0169. The average molecular weight is 388 g/mol. The van der Waals surface area contributed by atoms with E-state index in [0.717, 1.165) is 19.3 Å². The molecule has 2 heterocycles. The first-order chi connectivity index (χ1) is 13.5. The molecule has 1 saturated heterocycles. The number of anilines is 1. The number of nitrogens with zero attached hydrogens (tertiary/aromatic N) is 2. The first kappa shape index (κ1) is 19.7. The van der Waals surface area contributed by atoms with Crippen LogP contribution in [0.2, 0.25) is 0 Å². The van der Waals surface area contributed by atoms with E-state index < -0.39 is 11.8 Å². The van der Waals surface area contributed by atoms with Gasteiger partial charge in [-0.05, 0) is 25.0 Å². The molecular formula is C19H24N4O5. The van der Waals surface area contributed by atoms with E-state index in [-0.39, 0.29) is 37.9 Å². The standard InChI is InChI=1S/C19H24N4O5/c24-16(20-21-17(25)12-22-10-5-1-2-8-18(22)26)9-11-23-14-6-3-4-7-15(14)28-13-19(23)27/h3-4,6-7H,1-2,5,8-13H2,(H,20,24)(H,21,25). The summed E-state index contributed by atoms with van der Waals surface area (Å²) < 4.78 is 5.36. The van der Waals surface area contributed by atoms with Gasteiger partial charge in [-0.25, -0.2) is 0 Å². The molecule has 2 N–H and O–H groups in total. The Bertz CT molecular complexity index is 766. The Labute approximate surface area is 163 Å². The van der Waals surface area contributed by atoms with Crippen LogP contribution in [0.1, 0.15) is 32.1 Å². The number of hydrazine groups is 1. The summed E-state index contributed by atoms with van der Waals surface area (Å²) in [5.41, 5.74) is 5.28. The number of likely N-dealkylation sites (tertiary alicyclic amines) is 1. The maximum Gasteiger partial charge on any atom is 0.265 e. The zero-order chi connectivity index (χ0) is 19.9. The minimum Gasteiger partial charge on any atom is -0.482 e. The Hall–Kier alpha value is -3.10. The van der Waals surface area contributed by atoms with E-state index in [1.165, 1.54) is 9.80 Å². The number of benzene rings is 1. The van der Waals surface area contributed by atoms with Crippen LogP contribution in [0.25, 0.3) is 0 Å². The van der Waals surface area contributed by atoms with Gasteiger partial charge in [-0.1, -0.05) is 18.6 Å². The normalized spacial score (nSPS) is 16.7. The van der Waals surface area contributed by atoms with Crippen LogP contribution >= 0.6 is 0 Å². The first-order valence-corrected chi connectivity index (χ1v) is 9.42. The minimum atomic E-state index is -0.448. The molecule has 0 atom stereocenters. The number of amides is 4. The van der Waals surface area contributed by atoms with Crippen molar-refractivity contribution < 1.29 is 23.9 Å². The van der Waals surface area contributed by atoms with Crippen LogP contribution in [0.4, 0.5) is 5.69 Å². The van der Waals surface area contributed by atoms with E-state index >= 15 is 0 Å². The first-order valence-electron chi connectivity index (χ1n) is 9.42. The molecule has 150 valence electrons. The summed E-state index contributed by atoms with van der Waals surface area (Å²) in [5, 5.41) is 0. The van der Waals surface area contributed by atoms with Crippen LogP contribution in [0.3, 0.4) is 0 Å². The zero-order valence-corrected chi connectivity index (χ0v) is 15.6. The van der Waals surface area contributed by atoms with Crippen molar-refractivity contribution in [3.63, 3.8) is 0 Å². The molecule has 2 aliphatic heterocycles. The molecule has 1 aromatic rings. The van der Waals surface area contributed by atoms with Gasteiger partial charge in [0.2, 0.25) is 11.8 Å². The molecule has 0 bridgehead atoms. The molecule has 1 aromatic carbocycles. The van der Waals surface area contributed by atoms with Crippen molar-refractivity contribution in [3.05, 3.63) is 24.3 Å². The van der Waals surface area contributed by atoms with Gasteiger partial charge in [0.15, 0.2) is 6.61 Å². The van der Waals surface area contributed by atoms with Gasteiger partial charge in [0.05, 0.1) is 5.69 Å². The summed E-state index contributed by atoms with van der Waals surface area (Å²) in [4.78, 5) is 51.0. The Morgan fingerprint density at radius 3 is 2.64 bits per heavy atom. The molecule has 0 radical (unpaired) electrons. The van der Waals surface area contributed by atoms with Crippen LogP contribution < -0.4 is 20.5 Å². The number of hydrogen-bond donors (Lipinski definition) is 2.